The van der Waals surface area contributed by atoms with Gasteiger partial charge in [0.2, 0.25) is 0 Å². The summed E-state index contributed by atoms with van der Waals surface area (Å²) in [6.07, 6.45) is -0.905. The van der Waals surface area contributed by atoms with Crippen LogP contribution in [0.5, 0.6) is 11.5 Å². The Morgan fingerprint density at radius 2 is 1.85 bits per heavy atom. The van der Waals surface area contributed by atoms with Gasteiger partial charge >= 0.3 is 0 Å². The zero-order valence-corrected chi connectivity index (χ0v) is 11.7. The highest BCUT2D eigenvalue weighted by atomic mass is 35.5. The summed E-state index contributed by atoms with van der Waals surface area (Å²) in [5, 5.41) is 9.64. The van der Waals surface area contributed by atoms with Gasteiger partial charge in [0.25, 0.3) is 0 Å². The van der Waals surface area contributed by atoms with E-state index in [2.05, 4.69) is 0 Å². The summed E-state index contributed by atoms with van der Waals surface area (Å²) in [6, 6.07) is 6.67. The van der Waals surface area contributed by atoms with Crippen molar-refractivity contribution in [3.8, 4) is 11.5 Å². The van der Waals surface area contributed by atoms with Crippen molar-refractivity contribution in [1.29, 1.82) is 0 Å². The number of halogens is 3. The fraction of sp³-hybridized carbons (Fsp3) is 0.200. The van der Waals surface area contributed by atoms with Crippen LogP contribution in [0.4, 0.5) is 8.78 Å². The number of hydrogen-bond acceptors (Lipinski definition) is 2. The standard InChI is InChI=1S/C15H13ClF2O2/c1-8-5-15(11(9(2)19)7-13(8)17)20-10-3-4-12(16)14(18)6-10/h3-7,9,19H,1-2H3. The second-order valence-electron chi connectivity index (χ2n) is 4.49. The van der Waals surface area contributed by atoms with Gasteiger partial charge in [-0.15, -0.1) is 0 Å². The summed E-state index contributed by atoms with van der Waals surface area (Å²) in [5.41, 5.74) is 0.669. The van der Waals surface area contributed by atoms with E-state index in [-0.39, 0.29) is 16.5 Å². The predicted molar refractivity (Wildman–Crippen MR) is 73.3 cm³/mol. The third-order valence-corrected chi connectivity index (χ3v) is 3.17. The summed E-state index contributed by atoms with van der Waals surface area (Å²) in [6.45, 7) is 3.08. The van der Waals surface area contributed by atoms with Crippen LogP contribution in [0.15, 0.2) is 30.3 Å². The van der Waals surface area contributed by atoms with Crippen molar-refractivity contribution >= 4 is 11.6 Å². The lowest BCUT2D eigenvalue weighted by Gasteiger charge is -2.15. The average molecular weight is 299 g/mol. The van der Waals surface area contributed by atoms with Gasteiger partial charge in [0.1, 0.15) is 23.1 Å². The zero-order valence-electron chi connectivity index (χ0n) is 11.0. The van der Waals surface area contributed by atoms with Crippen molar-refractivity contribution in [1.82, 2.24) is 0 Å². The van der Waals surface area contributed by atoms with Crippen molar-refractivity contribution in [2.45, 2.75) is 20.0 Å². The second-order valence-corrected chi connectivity index (χ2v) is 4.90. The minimum absolute atomic E-state index is 0.0108. The van der Waals surface area contributed by atoms with Crippen LogP contribution in [0.3, 0.4) is 0 Å². The highest BCUT2D eigenvalue weighted by Crippen LogP contribution is 2.33. The van der Waals surface area contributed by atoms with Gasteiger partial charge in [-0.25, -0.2) is 8.78 Å². The Balaban J connectivity index is 2.41. The molecule has 0 fully saturated rings. The lowest BCUT2D eigenvalue weighted by atomic mass is 10.1. The topological polar surface area (TPSA) is 29.5 Å². The molecule has 2 rings (SSSR count). The van der Waals surface area contributed by atoms with Gasteiger partial charge in [-0.2, -0.15) is 0 Å². The molecular formula is C15H13ClF2O2. The first kappa shape index (κ1) is 14.8. The van der Waals surface area contributed by atoms with Crippen LogP contribution < -0.4 is 4.74 Å². The van der Waals surface area contributed by atoms with Crippen LogP contribution in [-0.4, -0.2) is 5.11 Å². The van der Waals surface area contributed by atoms with Gasteiger partial charge in [0, 0.05) is 11.6 Å². The summed E-state index contributed by atoms with van der Waals surface area (Å²) in [4.78, 5) is 0. The maximum atomic E-state index is 13.5. The third-order valence-electron chi connectivity index (χ3n) is 2.86. The monoisotopic (exact) mass is 298 g/mol. The molecule has 2 aromatic carbocycles. The molecule has 0 aliphatic rings. The van der Waals surface area contributed by atoms with E-state index in [0.717, 1.165) is 6.07 Å². The smallest absolute Gasteiger partial charge is 0.145 e. The molecule has 0 amide bonds. The fourth-order valence-electron chi connectivity index (χ4n) is 1.75. The first-order chi connectivity index (χ1) is 9.38. The van der Waals surface area contributed by atoms with Crippen LogP contribution in [0.25, 0.3) is 0 Å². The third kappa shape index (κ3) is 3.08. The molecule has 0 radical (unpaired) electrons. The maximum Gasteiger partial charge on any atom is 0.145 e. The molecule has 0 aliphatic carbocycles. The molecule has 0 heterocycles. The molecule has 20 heavy (non-hydrogen) atoms. The molecule has 106 valence electrons. The summed E-state index contributed by atoms with van der Waals surface area (Å²) < 4.78 is 32.4. The number of aryl methyl sites for hydroxylation is 1. The Kier molecular flexibility index (Phi) is 4.26. The van der Waals surface area contributed by atoms with Crippen molar-refractivity contribution < 1.29 is 18.6 Å². The Morgan fingerprint density at radius 1 is 1.15 bits per heavy atom. The second kappa shape index (κ2) is 5.77. The normalized spacial score (nSPS) is 12.3. The van der Waals surface area contributed by atoms with Gasteiger partial charge < -0.3 is 9.84 Å². The lowest BCUT2D eigenvalue weighted by molar-refractivity contribution is 0.195. The molecule has 0 aliphatic heterocycles. The SMILES string of the molecule is Cc1cc(Oc2ccc(Cl)c(F)c2)c(C(C)O)cc1F. The molecule has 1 unspecified atom stereocenters. The fourth-order valence-corrected chi connectivity index (χ4v) is 1.87. The highest BCUT2D eigenvalue weighted by molar-refractivity contribution is 6.30. The van der Waals surface area contributed by atoms with E-state index in [1.54, 1.807) is 6.92 Å². The van der Waals surface area contributed by atoms with Crippen molar-refractivity contribution in [3.63, 3.8) is 0 Å². The number of hydrogen-bond donors (Lipinski definition) is 1. The van der Waals surface area contributed by atoms with E-state index in [4.69, 9.17) is 16.3 Å². The van der Waals surface area contributed by atoms with Crippen molar-refractivity contribution in [2.75, 3.05) is 0 Å². The summed E-state index contributed by atoms with van der Waals surface area (Å²) in [7, 11) is 0. The lowest BCUT2D eigenvalue weighted by Crippen LogP contribution is -1.99. The van der Waals surface area contributed by atoms with E-state index in [1.165, 1.54) is 31.2 Å². The minimum Gasteiger partial charge on any atom is -0.457 e. The molecule has 0 saturated heterocycles. The van der Waals surface area contributed by atoms with Crippen LogP contribution >= 0.6 is 11.6 Å². The summed E-state index contributed by atoms with van der Waals surface area (Å²) >= 11 is 5.59. The van der Waals surface area contributed by atoms with E-state index in [9.17, 15) is 13.9 Å². The van der Waals surface area contributed by atoms with E-state index in [0.29, 0.717) is 11.1 Å². The van der Waals surface area contributed by atoms with Gasteiger partial charge in [0.05, 0.1) is 11.1 Å². The molecular weight excluding hydrogens is 286 g/mol. The Morgan fingerprint density at radius 3 is 2.45 bits per heavy atom. The quantitative estimate of drug-likeness (QED) is 0.884. The summed E-state index contributed by atoms with van der Waals surface area (Å²) in [5.74, 6) is -0.544. The first-order valence-corrected chi connectivity index (χ1v) is 6.37. The molecule has 0 aromatic heterocycles. The van der Waals surface area contributed by atoms with Crippen LogP contribution in [-0.2, 0) is 0 Å². The highest BCUT2D eigenvalue weighted by Gasteiger charge is 2.14. The van der Waals surface area contributed by atoms with E-state index < -0.39 is 17.7 Å². The van der Waals surface area contributed by atoms with E-state index >= 15 is 0 Å². The number of rotatable bonds is 3. The number of aliphatic hydroxyl groups excluding tert-OH is 1. The molecule has 2 nitrogen and oxygen atoms in total. The maximum absolute atomic E-state index is 13.5. The molecule has 1 N–H and O–H groups in total. The first-order valence-electron chi connectivity index (χ1n) is 5.99. The number of aliphatic hydroxyl groups is 1. The largest absolute Gasteiger partial charge is 0.457 e. The Hall–Kier alpha value is -1.65. The number of benzene rings is 2. The molecule has 0 spiro atoms. The molecule has 1 atom stereocenters. The van der Waals surface area contributed by atoms with Gasteiger partial charge in [-0.3, -0.25) is 0 Å². The minimum atomic E-state index is -0.905. The van der Waals surface area contributed by atoms with Gasteiger partial charge in [-0.05, 0) is 43.7 Å². The van der Waals surface area contributed by atoms with E-state index in [1.807, 2.05) is 0 Å². The van der Waals surface area contributed by atoms with Crippen LogP contribution in [0, 0.1) is 18.6 Å². The molecule has 0 bridgehead atoms. The van der Waals surface area contributed by atoms with Gasteiger partial charge in [0.15, 0.2) is 0 Å². The number of ether oxygens (including phenoxy) is 1. The van der Waals surface area contributed by atoms with Crippen LogP contribution in [0.2, 0.25) is 5.02 Å². The molecule has 2 aromatic rings. The molecule has 0 saturated carbocycles. The van der Waals surface area contributed by atoms with Crippen molar-refractivity contribution in [2.24, 2.45) is 0 Å². The molecule has 5 heteroatoms. The Labute approximate surface area is 120 Å². The van der Waals surface area contributed by atoms with Crippen molar-refractivity contribution in [3.05, 3.63) is 58.1 Å². The van der Waals surface area contributed by atoms with Crippen LogP contribution in [0.1, 0.15) is 24.2 Å². The average Bonchev–Trinajstić information content (AvgIpc) is 2.37. The zero-order chi connectivity index (χ0) is 14.9. The van der Waals surface area contributed by atoms with Gasteiger partial charge in [-0.1, -0.05) is 11.6 Å². The predicted octanol–water partition coefficient (Wildman–Crippen LogP) is 4.77. The Bertz CT molecular complexity index is 642.